The second-order valence-electron chi connectivity index (χ2n) is 5.53. The molecular weight excluding hydrogens is 292 g/mol. The Morgan fingerprint density at radius 2 is 1.83 bits per heavy atom. The van der Waals surface area contributed by atoms with Crippen LogP contribution in [0.25, 0.3) is 0 Å². The van der Waals surface area contributed by atoms with Crippen LogP contribution in [0, 0.1) is 0 Å². The third-order valence-corrected chi connectivity index (χ3v) is 4.19. The Balaban J connectivity index is 1.60. The largest absolute Gasteiger partial charge is 0.497 e. The van der Waals surface area contributed by atoms with Crippen molar-refractivity contribution >= 4 is 11.6 Å². The summed E-state index contributed by atoms with van der Waals surface area (Å²) in [6.45, 7) is 5.86. The molecule has 0 radical (unpaired) electrons. The van der Waals surface area contributed by atoms with Gasteiger partial charge >= 0.3 is 0 Å². The number of aryl methyl sites for hydroxylation is 1. The first-order chi connectivity index (χ1) is 11.2. The molecule has 0 bridgehead atoms. The van der Waals surface area contributed by atoms with Crippen LogP contribution in [0.3, 0.4) is 0 Å². The fraction of sp³-hybridized carbons (Fsp3) is 0.412. The van der Waals surface area contributed by atoms with Crippen molar-refractivity contribution in [3.8, 4) is 5.75 Å². The van der Waals surface area contributed by atoms with Crippen molar-refractivity contribution < 1.29 is 9.53 Å². The molecule has 0 saturated carbocycles. The Labute approximate surface area is 136 Å². The standard InChI is InChI=1S/C17H22N4O2/c1-3-21-9-8-16(18-21)17(22)20-12-10-19(11-13-20)14-4-6-15(23-2)7-5-14/h4-9H,3,10-13H2,1-2H3. The van der Waals surface area contributed by atoms with Gasteiger partial charge in [-0.2, -0.15) is 5.10 Å². The topological polar surface area (TPSA) is 50.6 Å². The van der Waals surface area contributed by atoms with E-state index in [1.165, 1.54) is 0 Å². The van der Waals surface area contributed by atoms with Gasteiger partial charge in [0.2, 0.25) is 0 Å². The molecule has 1 aromatic carbocycles. The minimum atomic E-state index is 0.0200. The number of methoxy groups -OCH3 is 1. The molecule has 0 aliphatic carbocycles. The summed E-state index contributed by atoms with van der Waals surface area (Å²) in [5.74, 6) is 0.876. The monoisotopic (exact) mass is 314 g/mol. The van der Waals surface area contributed by atoms with Gasteiger partial charge < -0.3 is 14.5 Å². The number of aromatic nitrogens is 2. The summed E-state index contributed by atoms with van der Waals surface area (Å²) in [4.78, 5) is 16.6. The molecule has 0 unspecified atom stereocenters. The van der Waals surface area contributed by atoms with Crippen LogP contribution in [-0.2, 0) is 6.54 Å². The molecule has 1 aliphatic rings. The van der Waals surface area contributed by atoms with E-state index in [-0.39, 0.29) is 5.91 Å². The highest BCUT2D eigenvalue weighted by Crippen LogP contribution is 2.20. The third-order valence-electron chi connectivity index (χ3n) is 4.19. The molecule has 2 aromatic rings. The lowest BCUT2D eigenvalue weighted by atomic mass is 10.2. The van der Waals surface area contributed by atoms with E-state index in [1.54, 1.807) is 17.9 Å². The minimum Gasteiger partial charge on any atom is -0.497 e. The van der Waals surface area contributed by atoms with Crippen LogP contribution in [0.4, 0.5) is 5.69 Å². The summed E-state index contributed by atoms with van der Waals surface area (Å²) in [6, 6.07) is 9.83. The average Bonchev–Trinajstić information content (AvgIpc) is 3.10. The molecule has 1 saturated heterocycles. The van der Waals surface area contributed by atoms with Gasteiger partial charge in [0.05, 0.1) is 7.11 Å². The second kappa shape index (κ2) is 6.73. The Bertz CT molecular complexity index is 657. The Morgan fingerprint density at radius 3 is 2.39 bits per heavy atom. The molecule has 0 N–H and O–H groups in total. The highest BCUT2D eigenvalue weighted by molar-refractivity contribution is 5.92. The lowest BCUT2D eigenvalue weighted by molar-refractivity contribution is 0.0740. The fourth-order valence-corrected chi connectivity index (χ4v) is 2.77. The van der Waals surface area contributed by atoms with E-state index in [0.717, 1.165) is 31.1 Å². The number of hydrogen-bond donors (Lipinski definition) is 0. The molecule has 122 valence electrons. The average molecular weight is 314 g/mol. The summed E-state index contributed by atoms with van der Waals surface area (Å²) in [6.07, 6.45) is 1.85. The van der Waals surface area contributed by atoms with Crippen LogP contribution in [-0.4, -0.2) is 53.9 Å². The number of nitrogens with zero attached hydrogens (tertiary/aromatic N) is 4. The van der Waals surface area contributed by atoms with Crippen LogP contribution in [0.15, 0.2) is 36.5 Å². The predicted molar refractivity (Wildman–Crippen MR) is 89.0 cm³/mol. The van der Waals surface area contributed by atoms with Crippen molar-refractivity contribution in [3.05, 3.63) is 42.2 Å². The summed E-state index contributed by atoms with van der Waals surface area (Å²) >= 11 is 0. The number of anilines is 1. The summed E-state index contributed by atoms with van der Waals surface area (Å²) in [7, 11) is 1.67. The maximum absolute atomic E-state index is 12.5. The molecule has 1 aliphatic heterocycles. The second-order valence-corrected chi connectivity index (χ2v) is 5.53. The zero-order valence-corrected chi connectivity index (χ0v) is 13.6. The van der Waals surface area contributed by atoms with Gasteiger partial charge in [-0.25, -0.2) is 0 Å². The van der Waals surface area contributed by atoms with E-state index in [9.17, 15) is 4.79 Å². The lowest BCUT2D eigenvalue weighted by Crippen LogP contribution is -2.48. The van der Waals surface area contributed by atoms with Crippen molar-refractivity contribution in [1.82, 2.24) is 14.7 Å². The first-order valence-corrected chi connectivity index (χ1v) is 7.93. The molecule has 6 heteroatoms. The van der Waals surface area contributed by atoms with Gasteiger partial charge in [-0.3, -0.25) is 9.48 Å². The van der Waals surface area contributed by atoms with Gasteiger partial charge in [-0.1, -0.05) is 0 Å². The quantitative estimate of drug-likeness (QED) is 0.864. The van der Waals surface area contributed by atoms with Crippen molar-refractivity contribution in [2.45, 2.75) is 13.5 Å². The van der Waals surface area contributed by atoms with Gasteiger partial charge in [0.1, 0.15) is 11.4 Å². The lowest BCUT2D eigenvalue weighted by Gasteiger charge is -2.35. The van der Waals surface area contributed by atoms with Crippen LogP contribution in [0.5, 0.6) is 5.75 Å². The first kappa shape index (κ1) is 15.4. The Hall–Kier alpha value is -2.50. The molecule has 23 heavy (non-hydrogen) atoms. The molecule has 2 heterocycles. The number of carbonyl (C=O) groups excluding carboxylic acids is 1. The predicted octanol–water partition coefficient (Wildman–Crippen LogP) is 1.87. The number of piperazine rings is 1. The molecule has 1 amide bonds. The van der Waals surface area contributed by atoms with Gasteiger partial charge in [0.25, 0.3) is 5.91 Å². The van der Waals surface area contributed by atoms with E-state index in [4.69, 9.17) is 4.74 Å². The number of carbonyl (C=O) groups is 1. The van der Waals surface area contributed by atoms with Crippen LogP contribution in [0.2, 0.25) is 0 Å². The van der Waals surface area contributed by atoms with Crippen molar-refractivity contribution in [1.29, 1.82) is 0 Å². The number of amides is 1. The highest BCUT2D eigenvalue weighted by Gasteiger charge is 2.23. The van der Waals surface area contributed by atoms with Crippen LogP contribution < -0.4 is 9.64 Å². The van der Waals surface area contributed by atoms with Crippen molar-refractivity contribution in [3.63, 3.8) is 0 Å². The van der Waals surface area contributed by atoms with Gasteiger partial charge in [0.15, 0.2) is 0 Å². The number of benzene rings is 1. The molecule has 6 nitrogen and oxygen atoms in total. The van der Waals surface area contributed by atoms with Gasteiger partial charge in [0, 0.05) is 44.6 Å². The van der Waals surface area contributed by atoms with E-state index < -0.39 is 0 Å². The Kier molecular flexibility index (Phi) is 4.50. The Morgan fingerprint density at radius 1 is 1.13 bits per heavy atom. The molecule has 1 fully saturated rings. The molecule has 1 aromatic heterocycles. The number of rotatable bonds is 4. The summed E-state index contributed by atoms with van der Waals surface area (Å²) in [5, 5.41) is 4.30. The van der Waals surface area contributed by atoms with Crippen molar-refractivity contribution in [2.24, 2.45) is 0 Å². The van der Waals surface area contributed by atoms with E-state index in [1.807, 2.05) is 30.2 Å². The normalized spacial score (nSPS) is 14.9. The first-order valence-electron chi connectivity index (χ1n) is 7.93. The molecule has 0 spiro atoms. The van der Waals surface area contributed by atoms with Crippen LogP contribution in [0.1, 0.15) is 17.4 Å². The zero-order valence-electron chi connectivity index (χ0n) is 13.6. The van der Waals surface area contributed by atoms with E-state index in [2.05, 4.69) is 22.1 Å². The highest BCUT2D eigenvalue weighted by atomic mass is 16.5. The van der Waals surface area contributed by atoms with Gasteiger partial charge in [-0.15, -0.1) is 0 Å². The maximum Gasteiger partial charge on any atom is 0.274 e. The number of ether oxygens (including phenoxy) is 1. The van der Waals surface area contributed by atoms with E-state index in [0.29, 0.717) is 18.8 Å². The zero-order chi connectivity index (χ0) is 16.2. The number of hydrogen-bond acceptors (Lipinski definition) is 4. The summed E-state index contributed by atoms with van der Waals surface area (Å²) < 4.78 is 6.96. The minimum absolute atomic E-state index is 0.0200. The maximum atomic E-state index is 12.5. The molecule has 0 atom stereocenters. The fourth-order valence-electron chi connectivity index (χ4n) is 2.77. The smallest absolute Gasteiger partial charge is 0.274 e. The SMILES string of the molecule is CCn1ccc(C(=O)N2CCN(c3ccc(OC)cc3)CC2)n1. The molecule has 3 rings (SSSR count). The van der Waals surface area contributed by atoms with Gasteiger partial charge in [-0.05, 0) is 37.3 Å². The third kappa shape index (κ3) is 3.31. The molecular formula is C17H22N4O2. The van der Waals surface area contributed by atoms with Crippen molar-refractivity contribution in [2.75, 3.05) is 38.2 Å². The van der Waals surface area contributed by atoms with E-state index >= 15 is 0 Å². The summed E-state index contributed by atoms with van der Waals surface area (Å²) in [5.41, 5.74) is 1.69. The van der Waals surface area contributed by atoms with Crippen LogP contribution >= 0.6 is 0 Å².